The predicted octanol–water partition coefficient (Wildman–Crippen LogP) is 2.10. The monoisotopic (exact) mass is 510 g/mol. The van der Waals surface area contributed by atoms with Crippen LogP contribution in [-0.4, -0.2) is 57.2 Å². The third-order valence-electron chi connectivity index (χ3n) is 4.11. The molecule has 0 amide bonds. The summed E-state index contributed by atoms with van der Waals surface area (Å²) >= 11 is 0. The SMILES string of the molecule is CN=C(NCCN1CCCS1(=O)=O)NCc1ccc(C)cc1OC(C)C.I. The summed E-state index contributed by atoms with van der Waals surface area (Å²) < 4.78 is 31.0. The first-order valence-corrected chi connectivity index (χ1v) is 10.6. The van der Waals surface area contributed by atoms with Gasteiger partial charge >= 0.3 is 0 Å². The minimum Gasteiger partial charge on any atom is -0.491 e. The highest BCUT2D eigenvalue weighted by Gasteiger charge is 2.27. The maximum atomic E-state index is 11.8. The number of rotatable bonds is 7. The largest absolute Gasteiger partial charge is 0.491 e. The normalized spacial score (nSPS) is 16.9. The molecule has 7 nitrogen and oxygen atoms in total. The van der Waals surface area contributed by atoms with Crippen LogP contribution in [0.4, 0.5) is 0 Å². The molecule has 2 rings (SSSR count). The number of hydrogen-bond acceptors (Lipinski definition) is 4. The van der Waals surface area contributed by atoms with Gasteiger partial charge in [0.1, 0.15) is 5.75 Å². The summed E-state index contributed by atoms with van der Waals surface area (Å²) in [4.78, 5) is 4.20. The van der Waals surface area contributed by atoms with Crippen LogP contribution in [0, 0.1) is 6.92 Å². The molecule has 1 saturated heterocycles. The molecular formula is C18H31IN4O3S. The lowest BCUT2D eigenvalue weighted by molar-refractivity contribution is 0.239. The van der Waals surface area contributed by atoms with E-state index >= 15 is 0 Å². The van der Waals surface area contributed by atoms with Gasteiger partial charge in [-0.1, -0.05) is 12.1 Å². The van der Waals surface area contributed by atoms with Crippen molar-refractivity contribution in [1.82, 2.24) is 14.9 Å². The van der Waals surface area contributed by atoms with Crippen molar-refractivity contribution >= 4 is 40.0 Å². The smallest absolute Gasteiger partial charge is 0.214 e. The van der Waals surface area contributed by atoms with Crippen LogP contribution in [-0.2, 0) is 16.6 Å². The minimum atomic E-state index is -3.05. The first kappa shape index (κ1) is 24.0. The second kappa shape index (κ2) is 11.1. The number of halogens is 1. The molecule has 0 bridgehead atoms. The Morgan fingerprint density at radius 2 is 2.07 bits per heavy atom. The van der Waals surface area contributed by atoms with Crippen molar-refractivity contribution < 1.29 is 13.2 Å². The van der Waals surface area contributed by atoms with E-state index in [1.54, 1.807) is 7.05 Å². The van der Waals surface area contributed by atoms with Crippen LogP contribution in [0.25, 0.3) is 0 Å². The molecule has 9 heteroatoms. The summed E-state index contributed by atoms with van der Waals surface area (Å²) in [7, 11) is -1.35. The Bertz CT molecular complexity index is 738. The zero-order valence-corrected chi connectivity index (χ0v) is 19.6. The lowest BCUT2D eigenvalue weighted by Crippen LogP contribution is -2.41. The van der Waals surface area contributed by atoms with Crippen LogP contribution >= 0.6 is 24.0 Å². The Hall–Kier alpha value is -1.07. The summed E-state index contributed by atoms with van der Waals surface area (Å²) in [6.45, 7) is 8.20. The van der Waals surface area contributed by atoms with Gasteiger partial charge in [0.15, 0.2) is 5.96 Å². The van der Waals surface area contributed by atoms with Gasteiger partial charge in [-0.25, -0.2) is 12.7 Å². The van der Waals surface area contributed by atoms with Gasteiger partial charge in [-0.3, -0.25) is 4.99 Å². The van der Waals surface area contributed by atoms with Crippen LogP contribution in [0.2, 0.25) is 0 Å². The van der Waals surface area contributed by atoms with Crippen LogP contribution < -0.4 is 15.4 Å². The van der Waals surface area contributed by atoms with Gasteiger partial charge in [0.2, 0.25) is 10.0 Å². The topological polar surface area (TPSA) is 83.0 Å². The number of nitrogens with zero attached hydrogens (tertiary/aromatic N) is 2. The van der Waals surface area contributed by atoms with E-state index < -0.39 is 10.0 Å². The Balaban J connectivity index is 0.00000364. The maximum Gasteiger partial charge on any atom is 0.214 e. The number of guanidine groups is 1. The van der Waals surface area contributed by atoms with Crippen molar-refractivity contribution in [2.75, 3.05) is 32.4 Å². The van der Waals surface area contributed by atoms with E-state index in [1.165, 1.54) is 4.31 Å². The highest BCUT2D eigenvalue weighted by molar-refractivity contribution is 14.0. The summed E-state index contributed by atoms with van der Waals surface area (Å²) in [5, 5.41) is 6.42. The number of nitrogens with one attached hydrogen (secondary N) is 2. The molecule has 0 spiro atoms. The minimum absolute atomic E-state index is 0. The quantitative estimate of drug-likeness (QED) is 0.334. The average molecular weight is 510 g/mol. The molecule has 0 aromatic heterocycles. The van der Waals surface area contributed by atoms with E-state index in [2.05, 4.69) is 21.7 Å². The fourth-order valence-electron chi connectivity index (χ4n) is 2.81. The van der Waals surface area contributed by atoms with Crippen LogP contribution in [0.3, 0.4) is 0 Å². The molecule has 27 heavy (non-hydrogen) atoms. The van der Waals surface area contributed by atoms with Crippen LogP contribution in [0.15, 0.2) is 23.2 Å². The Kier molecular flexibility index (Phi) is 9.82. The fourth-order valence-corrected chi connectivity index (χ4v) is 4.34. The molecule has 0 radical (unpaired) electrons. The van der Waals surface area contributed by atoms with Gasteiger partial charge in [-0.15, -0.1) is 24.0 Å². The van der Waals surface area contributed by atoms with Crippen molar-refractivity contribution in [1.29, 1.82) is 0 Å². The van der Waals surface area contributed by atoms with E-state index in [0.717, 1.165) is 16.9 Å². The van der Waals surface area contributed by atoms with Crippen molar-refractivity contribution in [3.05, 3.63) is 29.3 Å². The molecule has 0 unspecified atom stereocenters. The molecule has 1 aromatic rings. The molecule has 0 aliphatic carbocycles. The van der Waals surface area contributed by atoms with Gasteiger partial charge in [0.05, 0.1) is 11.9 Å². The van der Waals surface area contributed by atoms with Crippen molar-refractivity contribution in [3.63, 3.8) is 0 Å². The molecular weight excluding hydrogens is 479 g/mol. The van der Waals surface area contributed by atoms with Crippen LogP contribution in [0.1, 0.15) is 31.4 Å². The molecule has 1 aliphatic rings. The molecule has 1 aliphatic heterocycles. The van der Waals surface area contributed by atoms with Gasteiger partial charge in [0, 0.05) is 38.8 Å². The predicted molar refractivity (Wildman–Crippen MR) is 121 cm³/mol. The first-order chi connectivity index (χ1) is 12.3. The lowest BCUT2D eigenvalue weighted by Gasteiger charge is -2.18. The zero-order valence-electron chi connectivity index (χ0n) is 16.5. The van der Waals surface area contributed by atoms with E-state index in [4.69, 9.17) is 4.74 Å². The van der Waals surface area contributed by atoms with E-state index in [1.807, 2.05) is 32.9 Å². The van der Waals surface area contributed by atoms with Gasteiger partial charge in [-0.2, -0.15) is 0 Å². The van der Waals surface area contributed by atoms with E-state index in [-0.39, 0.29) is 35.8 Å². The Morgan fingerprint density at radius 1 is 1.33 bits per heavy atom. The highest BCUT2D eigenvalue weighted by atomic mass is 127. The first-order valence-electron chi connectivity index (χ1n) is 9.00. The molecule has 0 saturated carbocycles. The maximum absolute atomic E-state index is 11.8. The second-order valence-electron chi connectivity index (χ2n) is 6.70. The van der Waals surface area contributed by atoms with Gasteiger partial charge < -0.3 is 15.4 Å². The molecule has 1 aromatic carbocycles. The number of sulfonamides is 1. The summed E-state index contributed by atoms with van der Waals surface area (Å²) in [5.74, 6) is 1.76. The summed E-state index contributed by atoms with van der Waals surface area (Å²) in [6.07, 6.45) is 0.817. The van der Waals surface area contributed by atoms with Gasteiger partial charge in [-0.05, 0) is 38.8 Å². The zero-order chi connectivity index (χ0) is 19.2. The van der Waals surface area contributed by atoms with E-state index in [0.29, 0.717) is 38.6 Å². The number of hydrogen-bond donors (Lipinski definition) is 2. The molecule has 1 fully saturated rings. The van der Waals surface area contributed by atoms with E-state index in [9.17, 15) is 8.42 Å². The lowest BCUT2D eigenvalue weighted by atomic mass is 10.1. The Morgan fingerprint density at radius 3 is 2.67 bits per heavy atom. The molecule has 0 atom stereocenters. The molecule has 154 valence electrons. The standard InChI is InChI=1S/C18H30N4O3S.HI/c1-14(2)25-17-12-15(3)6-7-16(17)13-21-18(19-4)20-8-10-22-9-5-11-26(22,23)24;/h6-7,12,14H,5,8-11,13H2,1-4H3,(H2,19,20,21);1H. The van der Waals surface area contributed by atoms with Crippen molar-refractivity contribution in [3.8, 4) is 5.75 Å². The average Bonchev–Trinajstić information content (AvgIpc) is 2.90. The van der Waals surface area contributed by atoms with Gasteiger partial charge in [0.25, 0.3) is 0 Å². The Labute approximate surface area is 180 Å². The third kappa shape index (κ3) is 7.46. The highest BCUT2D eigenvalue weighted by Crippen LogP contribution is 2.21. The summed E-state index contributed by atoms with van der Waals surface area (Å²) in [5.41, 5.74) is 2.20. The molecule has 1 heterocycles. The number of aryl methyl sites for hydroxylation is 1. The second-order valence-corrected chi connectivity index (χ2v) is 8.79. The fraction of sp³-hybridized carbons (Fsp3) is 0.611. The van der Waals surface area contributed by atoms with Crippen molar-refractivity contribution in [2.24, 2.45) is 4.99 Å². The van der Waals surface area contributed by atoms with Crippen molar-refractivity contribution in [2.45, 2.75) is 39.8 Å². The third-order valence-corrected chi connectivity index (χ3v) is 6.07. The molecule has 2 N–H and O–H groups in total. The number of aliphatic imine (C=N–C) groups is 1. The van der Waals surface area contributed by atoms with Crippen LogP contribution in [0.5, 0.6) is 5.75 Å². The number of ether oxygens (including phenoxy) is 1. The number of benzene rings is 1. The summed E-state index contributed by atoms with van der Waals surface area (Å²) in [6, 6.07) is 6.13.